The van der Waals surface area contributed by atoms with Crippen molar-refractivity contribution in [1.29, 1.82) is 0 Å². The summed E-state index contributed by atoms with van der Waals surface area (Å²) in [6.07, 6.45) is 2.06. The van der Waals surface area contributed by atoms with Gasteiger partial charge in [0.15, 0.2) is 0 Å². The number of fused-ring (bicyclic) bond motifs is 1. The Morgan fingerprint density at radius 1 is 1.23 bits per heavy atom. The largest absolute Gasteiger partial charge is 0.481 e. The summed E-state index contributed by atoms with van der Waals surface area (Å²) in [6, 6.07) is 15.7. The summed E-state index contributed by atoms with van der Waals surface area (Å²) >= 11 is 1.47. The molecular formula is C18H15NO2S. The van der Waals surface area contributed by atoms with Crippen LogP contribution in [0.3, 0.4) is 0 Å². The summed E-state index contributed by atoms with van der Waals surface area (Å²) < 4.78 is 5.67. The lowest BCUT2D eigenvalue weighted by Gasteiger charge is -2.10. The first-order valence-corrected chi connectivity index (χ1v) is 7.76. The van der Waals surface area contributed by atoms with E-state index in [9.17, 15) is 9.90 Å². The monoisotopic (exact) mass is 309 g/mol. The van der Waals surface area contributed by atoms with Gasteiger partial charge in [0.1, 0.15) is 0 Å². The molecule has 3 rings (SSSR count). The van der Waals surface area contributed by atoms with Gasteiger partial charge in [0, 0.05) is 10.9 Å². The molecule has 3 nitrogen and oxygen atoms in total. The third-order valence-corrected chi connectivity index (χ3v) is 4.49. The molecule has 1 N–H and O–H groups in total. The van der Waals surface area contributed by atoms with E-state index in [-0.39, 0.29) is 0 Å². The number of hydrogen-bond acceptors (Lipinski definition) is 3. The summed E-state index contributed by atoms with van der Waals surface area (Å²) in [5, 5.41) is 10.4. The van der Waals surface area contributed by atoms with E-state index in [2.05, 4.69) is 23.1 Å². The van der Waals surface area contributed by atoms with Crippen LogP contribution in [0.25, 0.3) is 21.3 Å². The van der Waals surface area contributed by atoms with Crippen molar-refractivity contribution >= 4 is 27.6 Å². The van der Waals surface area contributed by atoms with Gasteiger partial charge in [-0.25, -0.2) is 0 Å². The van der Waals surface area contributed by atoms with Crippen LogP contribution in [0.5, 0.6) is 0 Å². The van der Waals surface area contributed by atoms with Gasteiger partial charge in [0.05, 0.1) is 16.3 Å². The van der Waals surface area contributed by atoms with Crippen LogP contribution in [0.4, 0.5) is 0 Å². The molecule has 0 saturated carbocycles. The van der Waals surface area contributed by atoms with Crippen molar-refractivity contribution in [3.8, 4) is 11.3 Å². The molecule has 0 spiro atoms. The van der Waals surface area contributed by atoms with Gasteiger partial charge in [-0.1, -0.05) is 48.5 Å². The molecule has 0 aliphatic heterocycles. The average molecular weight is 309 g/mol. The molecule has 0 aliphatic rings. The van der Waals surface area contributed by atoms with Crippen molar-refractivity contribution in [2.75, 3.05) is 0 Å². The Labute approximate surface area is 132 Å². The first-order valence-electron chi connectivity index (χ1n) is 6.99. The fourth-order valence-corrected chi connectivity index (χ4v) is 3.31. The highest BCUT2D eigenvalue weighted by atomic mass is 32.1. The van der Waals surface area contributed by atoms with E-state index in [4.69, 9.17) is 0 Å². The highest BCUT2D eigenvalue weighted by Gasteiger charge is 2.18. The minimum absolute atomic E-state index is 0.425. The number of nitrogens with zero attached hydrogens (tertiary/aromatic N) is 1. The fourth-order valence-electron chi connectivity index (χ4n) is 2.51. The topological polar surface area (TPSA) is 50.2 Å². The maximum absolute atomic E-state index is 11.3. The summed E-state index contributed by atoms with van der Waals surface area (Å²) in [7, 11) is 0. The molecule has 1 unspecified atom stereocenters. The van der Waals surface area contributed by atoms with E-state index >= 15 is 0 Å². The molecule has 1 atom stereocenters. The fraction of sp³-hybridized carbons (Fsp3) is 0.111. The normalized spacial score (nSPS) is 12.2. The number of carbonyl (C=O) groups is 1. The van der Waals surface area contributed by atoms with Crippen LogP contribution in [0.1, 0.15) is 17.9 Å². The van der Waals surface area contributed by atoms with E-state index in [1.54, 1.807) is 6.08 Å². The smallest absolute Gasteiger partial charge is 0.311 e. The van der Waals surface area contributed by atoms with E-state index in [1.165, 1.54) is 11.5 Å². The number of carboxylic acid groups (broad SMARTS) is 1. The van der Waals surface area contributed by atoms with Crippen molar-refractivity contribution in [1.82, 2.24) is 4.37 Å². The third kappa shape index (κ3) is 2.65. The van der Waals surface area contributed by atoms with E-state index in [0.717, 1.165) is 26.9 Å². The quantitative estimate of drug-likeness (QED) is 0.694. The highest BCUT2D eigenvalue weighted by molar-refractivity contribution is 7.13. The van der Waals surface area contributed by atoms with Gasteiger partial charge in [-0.2, -0.15) is 4.37 Å². The first kappa shape index (κ1) is 14.5. The van der Waals surface area contributed by atoms with Gasteiger partial charge < -0.3 is 5.11 Å². The summed E-state index contributed by atoms with van der Waals surface area (Å²) in [4.78, 5) is 11.3. The Hall–Kier alpha value is -2.46. The van der Waals surface area contributed by atoms with Crippen LogP contribution < -0.4 is 0 Å². The number of allylic oxidation sites excluding steroid dienone is 1. The molecule has 3 aromatic rings. The van der Waals surface area contributed by atoms with Crippen molar-refractivity contribution < 1.29 is 9.90 Å². The SMILES string of the molecule is C=CCC(C(=O)O)c1ccc(-c2nsc3ccccc23)cc1. The highest BCUT2D eigenvalue weighted by Crippen LogP contribution is 2.31. The number of carboxylic acids is 1. The van der Waals surface area contributed by atoms with Gasteiger partial charge >= 0.3 is 5.97 Å². The zero-order valence-corrected chi connectivity index (χ0v) is 12.7. The van der Waals surface area contributed by atoms with Crippen LogP contribution in [-0.2, 0) is 4.79 Å². The zero-order valence-electron chi connectivity index (χ0n) is 11.9. The van der Waals surface area contributed by atoms with Crippen molar-refractivity contribution in [3.63, 3.8) is 0 Å². The number of rotatable bonds is 5. The second kappa shape index (κ2) is 6.12. The van der Waals surface area contributed by atoms with Gasteiger partial charge in [-0.05, 0) is 29.6 Å². The summed E-state index contributed by atoms with van der Waals surface area (Å²) in [5.41, 5.74) is 2.74. The maximum Gasteiger partial charge on any atom is 0.311 e. The minimum Gasteiger partial charge on any atom is -0.481 e. The standard InChI is InChI=1S/C18H15NO2S/c1-2-5-14(18(20)21)12-8-10-13(11-9-12)17-15-6-3-4-7-16(15)22-19-17/h2-4,6-11,14H,1,5H2,(H,20,21). The molecule has 0 fully saturated rings. The van der Waals surface area contributed by atoms with Crippen LogP contribution in [0.2, 0.25) is 0 Å². The van der Waals surface area contributed by atoms with Gasteiger partial charge in [0.25, 0.3) is 0 Å². The lowest BCUT2D eigenvalue weighted by Crippen LogP contribution is -2.10. The van der Waals surface area contributed by atoms with E-state index in [0.29, 0.717) is 6.42 Å². The number of hydrogen-bond donors (Lipinski definition) is 1. The first-order chi connectivity index (χ1) is 10.7. The molecule has 0 aliphatic carbocycles. The van der Waals surface area contributed by atoms with Crippen LogP contribution in [0.15, 0.2) is 61.2 Å². The Balaban J connectivity index is 1.97. The zero-order chi connectivity index (χ0) is 15.5. The van der Waals surface area contributed by atoms with Crippen LogP contribution in [0, 0.1) is 0 Å². The number of aliphatic carboxylic acids is 1. The molecule has 1 aromatic heterocycles. The average Bonchev–Trinajstić information content (AvgIpc) is 2.96. The molecule has 0 bridgehead atoms. The molecule has 0 saturated heterocycles. The van der Waals surface area contributed by atoms with Gasteiger partial charge in [-0.3, -0.25) is 4.79 Å². The Bertz CT molecular complexity index is 820. The third-order valence-electron chi connectivity index (χ3n) is 3.66. The predicted octanol–water partition coefficient (Wildman–Crippen LogP) is 4.71. The Kier molecular flexibility index (Phi) is 4.02. The van der Waals surface area contributed by atoms with Gasteiger partial charge in [0.2, 0.25) is 0 Å². The molecule has 22 heavy (non-hydrogen) atoms. The van der Waals surface area contributed by atoms with E-state index in [1.807, 2.05) is 36.4 Å². The molecule has 2 aromatic carbocycles. The Morgan fingerprint density at radius 3 is 2.64 bits per heavy atom. The van der Waals surface area contributed by atoms with Crippen LogP contribution in [-0.4, -0.2) is 15.4 Å². The molecular weight excluding hydrogens is 294 g/mol. The van der Waals surface area contributed by atoms with E-state index < -0.39 is 11.9 Å². The molecule has 1 heterocycles. The second-order valence-corrected chi connectivity index (χ2v) is 5.87. The van der Waals surface area contributed by atoms with Crippen LogP contribution >= 0.6 is 11.5 Å². The summed E-state index contributed by atoms with van der Waals surface area (Å²) in [6.45, 7) is 3.63. The van der Waals surface area contributed by atoms with Crippen molar-refractivity contribution in [2.24, 2.45) is 0 Å². The van der Waals surface area contributed by atoms with Crippen molar-refractivity contribution in [2.45, 2.75) is 12.3 Å². The predicted molar refractivity (Wildman–Crippen MR) is 90.2 cm³/mol. The van der Waals surface area contributed by atoms with Gasteiger partial charge in [-0.15, -0.1) is 6.58 Å². The lowest BCUT2D eigenvalue weighted by atomic mass is 9.94. The molecule has 110 valence electrons. The summed E-state index contributed by atoms with van der Waals surface area (Å²) in [5.74, 6) is -1.37. The maximum atomic E-state index is 11.3. The molecule has 4 heteroatoms. The lowest BCUT2D eigenvalue weighted by molar-refractivity contribution is -0.138. The minimum atomic E-state index is -0.827. The Morgan fingerprint density at radius 2 is 1.95 bits per heavy atom. The molecule has 0 radical (unpaired) electrons. The van der Waals surface area contributed by atoms with Crippen molar-refractivity contribution in [3.05, 3.63) is 66.7 Å². The number of aromatic nitrogens is 1. The number of benzene rings is 2. The molecule has 0 amide bonds. The second-order valence-electron chi connectivity index (χ2n) is 5.06.